The maximum Gasteiger partial charge on any atom is 0.246 e. The summed E-state index contributed by atoms with van der Waals surface area (Å²) in [4.78, 5) is 0.331. The van der Waals surface area contributed by atoms with Gasteiger partial charge in [0.1, 0.15) is 4.90 Å². The highest BCUT2D eigenvalue weighted by Crippen LogP contribution is 2.32. The van der Waals surface area contributed by atoms with E-state index in [1.165, 1.54) is 4.31 Å². The summed E-state index contributed by atoms with van der Waals surface area (Å²) < 4.78 is 26.5. The van der Waals surface area contributed by atoms with Crippen molar-refractivity contribution in [3.63, 3.8) is 0 Å². The molecule has 2 rings (SSSR count). The fourth-order valence-corrected chi connectivity index (χ4v) is 3.69. The topological polar surface area (TPSA) is 78.1 Å². The molecule has 7 heteroatoms. The van der Waals surface area contributed by atoms with Crippen LogP contribution in [0.15, 0.2) is 4.90 Å². The summed E-state index contributed by atoms with van der Waals surface area (Å²) in [6.45, 7) is 4.97. The Hall–Kier alpha value is -0.920. The quantitative estimate of drug-likeness (QED) is 0.795. The first kappa shape index (κ1) is 13.5. The molecule has 0 radical (unpaired) electrons. The molecule has 6 nitrogen and oxygen atoms in total. The van der Waals surface area contributed by atoms with Crippen LogP contribution in [-0.2, 0) is 16.6 Å². The summed E-state index contributed by atoms with van der Waals surface area (Å²) in [7, 11) is -1.78. The lowest BCUT2D eigenvalue weighted by Gasteiger charge is -2.16. The molecule has 1 aromatic heterocycles. The zero-order valence-electron chi connectivity index (χ0n) is 11.0. The van der Waals surface area contributed by atoms with Crippen LogP contribution in [0.3, 0.4) is 0 Å². The number of sulfonamides is 1. The molecule has 1 heterocycles. The van der Waals surface area contributed by atoms with Crippen LogP contribution in [0.1, 0.15) is 31.2 Å². The molecule has 1 fully saturated rings. The van der Waals surface area contributed by atoms with Crippen LogP contribution in [-0.4, -0.2) is 42.6 Å². The summed E-state index contributed by atoms with van der Waals surface area (Å²) in [5.41, 5.74) is 1.18. The molecule has 0 spiro atoms. The predicted molar refractivity (Wildman–Crippen MR) is 68.7 cm³/mol. The monoisotopic (exact) mass is 272 g/mol. The summed E-state index contributed by atoms with van der Waals surface area (Å²) in [6.07, 6.45) is 1.91. The van der Waals surface area contributed by atoms with Crippen molar-refractivity contribution >= 4 is 10.0 Å². The van der Waals surface area contributed by atoms with E-state index in [-0.39, 0.29) is 6.04 Å². The first-order valence-electron chi connectivity index (χ1n) is 6.21. The maximum absolute atomic E-state index is 12.5. The molecule has 2 N–H and O–H groups in total. The van der Waals surface area contributed by atoms with Crippen molar-refractivity contribution in [1.29, 1.82) is 0 Å². The normalized spacial score (nSPS) is 16.4. The van der Waals surface area contributed by atoms with E-state index in [4.69, 9.17) is 0 Å². The maximum atomic E-state index is 12.5. The Morgan fingerprint density at radius 2 is 2.17 bits per heavy atom. The molecule has 1 aromatic rings. The Kier molecular flexibility index (Phi) is 3.74. The van der Waals surface area contributed by atoms with Crippen molar-refractivity contribution in [3.8, 4) is 0 Å². The average Bonchev–Trinajstić information content (AvgIpc) is 3.09. The summed E-state index contributed by atoms with van der Waals surface area (Å²) >= 11 is 0. The molecule has 0 bridgehead atoms. The van der Waals surface area contributed by atoms with Crippen LogP contribution >= 0.6 is 0 Å². The standard InChI is InChI=1S/C11H20N4O2S/c1-4-12-7-10-11(8(2)13-14-10)18(16,17)15(3)9-5-6-9/h9,12H,4-7H2,1-3H3,(H,13,14). The molecule has 1 aliphatic carbocycles. The van der Waals surface area contributed by atoms with E-state index in [0.29, 0.717) is 22.8 Å². The van der Waals surface area contributed by atoms with E-state index in [2.05, 4.69) is 15.5 Å². The molecule has 0 saturated heterocycles. The van der Waals surface area contributed by atoms with Gasteiger partial charge in [0.05, 0.1) is 11.4 Å². The first-order chi connectivity index (χ1) is 8.48. The smallest absolute Gasteiger partial charge is 0.246 e. The Morgan fingerprint density at radius 3 is 2.72 bits per heavy atom. The number of aryl methyl sites for hydroxylation is 1. The molecule has 0 atom stereocenters. The van der Waals surface area contributed by atoms with Gasteiger partial charge in [-0.25, -0.2) is 8.42 Å². The number of H-pyrrole nitrogens is 1. The SMILES string of the molecule is CCNCc1n[nH]c(C)c1S(=O)(=O)N(C)C1CC1. The Balaban J connectivity index is 2.33. The lowest BCUT2D eigenvalue weighted by atomic mass is 10.3. The molecule has 102 valence electrons. The van der Waals surface area contributed by atoms with Crippen LogP contribution in [0, 0.1) is 6.92 Å². The largest absolute Gasteiger partial charge is 0.311 e. The number of aromatic nitrogens is 2. The van der Waals surface area contributed by atoms with E-state index < -0.39 is 10.0 Å². The third-order valence-corrected chi connectivity index (χ3v) is 5.32. The highest BCUT2D eigenvalue weighted by Gasteiger charge is 2.37. The molecule has 1 saturated carbocycles. The minimum absolute atomic E-state index is 0.163. The summed E-state index contributed by atoms with van der Waals surface area (Å²) in [6, 6.07) is 0.163. The summed E-state index contributed by atoms with van der Waals surface area (Å²) in [5.74, 6) is 0. The van der Waals surface area contributed by atoms with Crippen molar-refractivity contribution in [2.24, 2.45) is 0 Å². The second-order valence-electron chi connectivity index (χ2n) is 4.66. The highest BCUT2D eigenvalue weighted by atomic mass is 32.2. The van der Waals surface area contributed by atoms with Gasteiger partial charge in [-0.2, -0.15) is 9.40 Å². The van der Waals surface area contributed by atoms with Gasteiger partial charge in [-0.3, -0.25) is 5.10 Å². The molecular formula is C11H20N4O2S. The second kappa shape index (κ2) is 4.99. The van der Waals surface area contributed by atoms with Crippen molar-refractivity contribution in [3.05, 3.63) is 11.4 Å². The number of hydrogen-bond acceptors (Lipinski definition) is 4. The highest BCUT2D eigenvalue weighted by molar-refractivity contribution is 7.89. The van der Waals surface area contributed by atoms with Crippen LogP contribution in [0.25, 0.3) is 0 Å². The molecule has 0 amide bonds. The number of aromatic amines is 1. The lowest BCUT2D eigenvalue weighted by molar-refractivity contribution is 0.462. The van der Waals surface area contributed by atoms with E-state index in [0.717, 1.165) is 19.4 Å². The van der Waals surface area contributed by atoms with Gasteiger partial charge in [-0.05, 0) is 26.3 Å². The van der Waals surface area contributed by atoms with Gasteiger partial charge >= 0.3 is 0 Å². The van der Waals surface area contributed by atoms with Gasteiger partial charge in [0.2, 0.25) is 10.0 Å². The van der Waals surface area contributed by atoms with Crippen LogP contribution < -0.4 is 5.32 Å². The zero-order chi connectivity index (χ0) is 13.3. The Labute approximate surface area is 108 Å². The van der Waals surface area contributed by atoms with Crippen molar-refractivity contribution in [2.45, 2.75) is 44.2 Å². The van der Waals surface area contributed by atoms with Crippen molar-refractivity contribution < 1.29 is 8.42 Å². The van der Waals surface area contributed by atoms with Crippen molar-refractivity contribution in [1.82, 2.24) is 19.8 Å². The van der Waals surface area contributed by atoms with E-state index in [1.807, 2.05) is 6.92 Å². The van der Waals surface area contributed by atoms with E-state index in [9.17, 15) is 8.42 Å². The fourth-order valence-electron chi connectivity index (χ4n) is 1.95. The minimum atomic E-state index is -3.42. The summed E-state index contributed by atoms with van der Waals surface area (Å²) in [5, 5.41) is 9.97. The fraction of sp³-hybridized carbons (Fsp3) is 0.727. The first-order valence-corrected chi connectivity index (χ1v) is 7.65. The molecule has 0 aliphatic heterocycles. The Morgan fingerprint density at radius 1 is 1.50 bits per heavy atom. The van der Waals surface area contributed by atoms with Crippen LogP contribution in [0.5, 0.6) is 0 Å². The molecule has 0 unspecified atom stereocenters. The molecule has 0 aromatic carbocycles. The van der Waals surface area contributed by atoms with Gasteiger partial charge in [0.15, 0.2) is 0 Å². The predicted octanol–water partition coefficient (Wildman–Crippen LogP) is 0.611. The molecule has 1 aliphatic rings. The van der Waals surface area contributed by atoms with Crippen LogP contribution in [0.4, 0.5) is 0 Å². The third-order valence-electron chi connectivity index (χ3n) is 3.20. The zero-order valence-corrected chi connectivity index (χ0v) is 11.8. The average molecular weight is 272 g/mol. The van der Waals surface area contributed by atoms with Gasteiger partial charge < -0.3 is 5.32 Å². The number of nitrogens with one attached hydrogen (secondary N) is 2. The third kappa shape index (κ3) is 2.43. The van der Waals surface area contributed by atoms with Crippen molar-refractivity contribution in [2.75, 3.05) is 13.6 Å². The Bertz CT molecular complexity index is 519. The second-order valence-corrected chi connectivity index (χ2v) is 6.59. The van der Waals surface area contributed by atoms with E-state index in [1.54, 1.807) is 14.0 Å². The lowest BCUT2D eigenvalue weighted by Crippen LogP contribution is -2.30. The van der Waals surface area contributed by atoms with Gasteiger partial charge in [0, 0.05) is 19.6 Å². The molecule has 18 heavy (non-hydrogen) atoms. The number of nitrogens with zero attached hydrogens (tertiary/aromatic N) is 2. The number of rotatable bonds is 6. The van der Waals surface area contributed by atoms with Gasteiger partial charge in [-0.1, -0.05) is 6.92 Å². The molecular weight excluding hydrogens is 252 g/mol. The van der Waals surface area contributed by atoms with Crippen LogP contribution in [0.2, 0.25) is 0 Å². The number of hydrogen-bond donors (Lipinski definition) is 2. The minimum Gasteiger partial charge on any atom is -0.311 e. The van der Waals surface area contributed by atoms with Gasteiger partial charge in [0.25, 0.3) is 0 Å². The van der Waals surface area contributed by atoms with Gasteiger partial charge in [-0.15, -0.1) is 0 Å². The van der Waals surface area contributed by atoms with E-state index >= 15 is 0 Å².